The number of piperazine rings is 1. The monoisotopic (exact) mass is 229 g/mol. The molecule has 0 spiro atoms. The van der Waals surface area contributed by atoms with Gasteiger partial charge in [-0.15, -0.1) is 0 Å². The second kappa shape index (κ2) is 4.67. The first-order valence-corrected chi connectivity index (χ1v) is 5.19. The highest BCUT2D eigenvalue weighted by molar-refractivity contribution is 7.80. The number of thiocarbonyl (C=S) groups is 1. The van der Waals surface area contributed by atoms with Crippen LogP contribution >= 0.6 is 12.2 Å². The van der Waals surface area contributed by atoms with Gasteiger partial charge in [0.25, 0.3) is 0 Å². The van der Waals surface area contributed by atoms with Gasteiger partial charge >= 0.3 is 0 Å². The number of hydrogen-bond acceptors (Lipinski definition) is 4. The fraction of sp³-hybridized carbons (Fsp3) is 0.667. The zero-order valence-electron chi connectivity index (χ0n) is 8.82. The van der Waals surface area contributed by atoms with Crippen LogP contribution in [0.25, 0.3) is 0 Å². The van der Waals surface area contributed by atoms with Gasteiger partial charge in [-0.2, -0.15) is 0 Å². The van der Waals surface area contributed by atoms with E-state index in [2.05, 4.69) is 5.32 Å². The molecule has 0 radical (unpaired) electrons. The first kappa shape index (κ1) is 12.1. The summed E-state index contributed by atoms with van der Waals surface area (Å²) in [5.41, 5.74) is 5.49. The second-order valence-corrected chi connectivity index (χ2v) is 4.29. The van der Waals surface area contributed by atoms with Crippen LogP contribution in [-0.2, 0) is 9.59 Å². The second-order valence-electron chi connectivity index (χ2n) is 3.82. The van der Waals surface area contributed by atoms with Crippen LogP contribution < -0.4 is 11.1 Å². The van der Waals surface area contributed by atoms with Crippen LogP contribution in [0.5, 0.6) is 0 Å². The molecular formula is C9H15N3O2S. The molecule has 15 heavy (non-hydrogen) atoms. The summed E-state index contributed by atoms with van der Waals surface area (Å²) in [5.74, 6) is -0.532. The van der Waals surface area contributed by atoms with Crippen molar-refractivity contribution in [2.24, 2.45) is 11.7 Å². The van der Waals surface area contributed by atoms with Crippen molar-refractivity contribution in [2.45, 2.75) is 19.9 Å². The molecule has 6 heteroatoms. The van der Waals surface area contributed by atoms with E-state index in [4.69, 9.17) is 18.0 Å². The van der Waals surface area contributed by atoms with E-state index in [-0.39, 0.29) is 30.3 Å². The Labute approximate surface area is 94.0 Å². The fourth-order valence-corrected chi connectivity index (χ4v) is 1.51. The lowest BCUT2D eigenvalue weighted by atomic mass is 10.1. The maximum absolute atomic E-state index is 11.3. The number of hydrogen-bond donors (Lipinski definition) is 2. The van der Waals surface area contributed by atoms with Gasteiger partial charge in [0, 0.05) is 12.5 Å². The summed E-state index contributed by atoms with van der Waals surface area (Å²) in [7, 11) is 0. The van der Waals surface area contributed by atoms with E-state index in [1.807, 2.05) is 6.92 Å². The molecule has 1 fully saturated rings. The Morgan fingerprint density at radius 1 is 1.73 bits per heavy atom. The fourth-order valence-electron chi connectivity index (χ4n) is 1.43. The number of carbonyl (C=O) groups excluding carboxylic acids is 2. The first-order chi connectivity index (χ1) is 6.91. The number of carbonyl (C=O) groups is 2. The summed E-state index contributed by atoms with van der Waals surface area (Å²) in [6.45, 7) is 4.40. The third kappa shape index (κ3) is 2.97. The number of amides is 2. The highest BCUT2D eigenvalue weighted by Gasteiger charge is 2.31. The Kier molecular flexibility index (Phi) is 3.76. The molecule has 1 heterocycles. The van der Waals surface area contributed by atoms with Gasteiger partial charge in [0.15, 0.2) is 0 Å². The lowest BCUT2D eigenvalue weighted by Crippen LogP contribution is -2.58. The molecule has 1 aliphatic heterocycles. The lowest BCUT2D eigenvalue weighted by molar-refractivity contribution is -0.139. The number of nitrogens with zero attached hydrogens (tertiary/aromatic N) is 1. The number of imide groups is 1. The topological polar surface area (TPSA) is 75.4 Å². The lowest BCUT2D eigenvalue weighted by Gasteiger charge is -2.33. The van der Waals surface area contributed by atoms with E-state index in [0.717, 1.165) is 0 Å². The van der Waals surface area contributed by atoms with Crippen molar-refractivity contribution in [3.63, 3.8) is 0 Å². The highest BCUT2D eigenvalue weighted by atomic mass is 32.1. The molecule has 0 aromatic rings. The molecule has 0 bridgehead atoms. The zero-order chi connectivity index (χ0) is 11.6. The maximum Gasteiger partial charge on any atom is 0.243 e. The summed E-state index contributed by atoms with van der Waals surface area (Å²) >= 11 is 4.85. The van der Waals surface area contributed by atoms with Crippen molar-refractivity contribution in [2.75, 3.05) is 13.1 Å². The first-order valence-electron chi connectivity index (χ1n) is 4.79. The van der Waals surface area contributed by atoms with Crippen molar-refractivity contribution in [3.8, 4) is 0 Å². The minimum Gasteiger partial charge on any atom is -0.393 e. The molecule has 84 valence electrons. The highest BCUT2D eigenvalue weighted by Crippen LogP contribution is 2.08. The quantitative estimate of drug-likeness (QED) is 0.492. The summed E-state index contributed by atoms with van der Waals surface area (Å²) in [4.78, 5) is 24.7. The van der Waals surface area contributed by atoms with E-state index < -0.39 is 0 Å². The van der Waals surface area contributed by atoms with Crippen LogP contribution in [0, 0.1) is 5.92 Å². The third-order valence-corrected chi connectivity index (χ3v) is 2.93. The van der Waals surface area contributed by atoms with E-state index in [9.17, 15) is 9.59 Å². The third-order valence-electron chi connectivity index (χ3n) is 2.53. The SMILES string of the molecule is CC(CN1CC(=O)NC(=O)C1C)C(N)=S. The zero-order valence-corrected chi connectivity index (χ0v) is 9.63. The van der Waals surface area contributed by atoms with Gasteiger partial charge < -0.3 is 5.73 Å². The van der Waals surface area contributed by atoms with Crippen molar-refractivity contribution in [1.82, 2.24) is 10.2 Å². The van der Waals surface area contributed by atoms with Crippen LogP contribution in [0.15, 0.2) is 0 Å². The average molecular weight is 229 g/mol. The Morgan fingerprint density at radius 3 is 2.87 bits per heavy atom. The Bertz CT molecular complexity index is 306. The van der Waals surface area contributed by atoms with E-state index in [0.29, 0.717) is 11.5 Å². The number of rotatable bonds is 3. The van der Waals surface area contributed by atoms with Crippen molar-refractivity contribution < 1.29 is 9.59 Å². The summed E-state index contributed by atoms with van der Waals surface area (Å²) in [6.07, 6.45) is 0. The minimum absolute atomic E-state index is 0.00106. The largest absolute Gasteiger partial charge is 0.393 e. The van der Waals surface area contributed by atoms with Crippen molar-refractivity contribution in [3.05, 3.63) is 0 Å². The molecule has 2 amide bonds. The molecule has 5 nitrogen and oxygen atoms in total. The Hall–Kier alpha value is -1.01. The molecule has 0 saturated carbocycles. The van der Waals surface area contributed by atoms with Crippen LogP contribution in [0.1, 0.15) is 13.8 Å². The molecule has 2 atom stereocenters. The van der Waals surface area contributed by atoms with Crippen LogP contribution in [0.2, 0.25) is 0 Å². The smallest absolute Gasteiger partial charge is 0.243 e. The molecule has 0 aliphatic carbocycles. The van der Waals surface area contributed by atoms with E-state index in [1.54, 1.807) is 11.8 Å². The van der Waals surface area contributed by atoms with Crippen molar-refractivity contribution in [1.29, 1.82) is 0 Å². The molecule has 0 aromatic carbocycles. The summed E-state index contributed by atoms with van der Waals surface area (Å²) in [5, 5.41) is 2.28. The summed E-state index contributed by atoms with van der Waals surface area (Å²) < 4.78 is 0. The number of nitrogens with one attached hydrogen (secondary N) is 1. The average Bonchev–Trinajstić information content (AvgIpc) is 2.13. The van der Waals surface area contributed by atoms with Gasteiger partial charge in [0.05, 0.1) is 17.6 Å². The van der Waals surface area contributed by atoms with Gasteiger partial charge in [0.1, 0.15) is 0 Å². The normalized spacial score (nSPS) is 24.8. The summed E-state index contributed by atoms with van der Waals surface area (Å²) in [6, 6.07) is -0.306. The van der Waals surface area contributed by atoms with Gasteiger partial charge in [-0.25, -0.2) is 0 Å². The van der Waals surface area contributed by atoms with Gasteiger partial charge in [-0.1, -0.05) is 19.1 Å². The molecule has 1 aliphatic rings. The molecule has 1 saturated heterocycles. The minimum atomic E-state index is -0.306. The van der Waals surface area contributed by atoms with Crippen LogP contribution in [-0.4, -0.2) is 40.8 Å². The molecular weight excluding hydrogens is 214 g/mol. The van der Waals surface area contributed by atoms with Crippen LogP contribution in [0.4, 0.5) is 0 Å². The predicted molar refractivity (Wildman–Crippen MR) is 60.1 cm³/mol. The maximum atomic E-state index is 11.3. The predicted octanol–water partition coefficient (Wildman–Crippen LogP) is -0.744. The Balaban J connectivity index is 2.63. The van der Waals surface area contributed by atoms with Gasteiger partial charge in [0.2, 0.25) is 11.8 Å². The van der Waals surface area contributed by atoms with E-state index in [1.165, 1.54) is 0 Å². The van der Waals surface area contributed by atoms with E-state index >= 15 is 0 Å². The molecule has 3 N–H and O–H groups in total. The van der Waals surface area contributed by atoms with Crippen molar-refractivity contribution >= 4 is 29.0 Å². The Morgan fingerprint density at radius 2 is 2.33 bits per heavy atom. The van der Waals surface area contributed by atoms with Gasteiger partial charge in [-0.05, 0) is 6.92 Å². The molecule has 2 unspecified atom stereocenters. The molecule has 1 rings (SSSR count). The standard InChI is InChI=1S/C9H15N3O2S/c1-5(8(10)15)3-12-4-7(13)11-9(14)6(12)2/h5-6H,3-4H2,1-2H3,(H2,10,15)(H,11,13,14). The number of nitrogens with two attached hydrogens (primary N) is 1. The van der Waals surface area contributed by atoms with Gasteiger partial charge in [-0.3, -0.25) is 19.8 Å². The van der Waals surface area contributed by atoms with Crippen LogP contribution in [0.3, 0.4) is 0 Å². The molecule has 0 aromatic heterocycles.